The number of nitrogens with one attached hydrogen (secondary N) is 1. The fourth-order valence-electron chi connectivity index (χ4n) is 2.15. The first-order chi connectivity index (χ1) is 8.70. The van der Waals surface area contributed by atoms with E-state index in [4.69, 9.17) is 4.74 Å². The molecule has 1 aromatic carbocycles. The number of likely N-dealkylation sites (N-methyl/N-ethyl adjacent to an activating group) is 1. The first kappa shape index (κ1) is 12.4. The van der Waals surface area contributed by atoms with Gasteiger partial charge in [-0.2, -0.15) is 0 Å². The maximum atomic E-state index is 11.4. The van der Waals surface area contributed by atoms with Crippen molar-refractivity contribution in [3.8, 4) is 5.75 Å². The number of benzene rings is 1. The highest BCUT2D eigenvalue weighted by molar-refractivity contribution is 6.01. The highest BCUT2D eigenvalue weighted by atomic mass is 16.5. The summed E-state index contributed by atoms with van der Waals surface area (Å²) in [6.07, 6.45) is 0. The average Bonchev–Trinajstić information content (AvgIpc) is 2.70. The summed E-state index contributed by atoms with van der Waals surface area (Å²) in [5.74, 6) is -0.548. The van der Waals surface area contributed by atoms with E-state index in [0.717, 1.165) is 10.9 Å². The van der Waals surface area contributed by atoms with Crippen molar-refractivity contribution < 1.29 is 14.6 Å². The van der Waals surface area contributed by atoms with Crippen molar-refractivity contribution in [2.24, 2.45) is 0 Å². The number of nitrogens with zero attached hydrogens (tertiary/aromatic N) is 1. The van der Waals surface area contributed by atoms with E-state index in [1.165, 1.54) is 7.11 Å². The largest absolute Gasteiger partial charge is 0.494 e. The molecule has 2 N–H and O–H groups in total. The monoisotopic (exact) mass is 248 g/mol. The van der Waals surface area contributed by atoms with Crippen molar-refractivity contribution >= 4 is 16.9 Å². The topological polar surface area (TPSA) is 63.5 Å². The molecule has 0 spiro atoms. The molecule has 5 heteroatoms. The zero-order chi connectivity index (χ0) is 13.1. The van der Waals surface area contributed by atoms with Crippen LogP contribution < -0.4 is 10.1 Å². The van der Waals surface area contributed by atoms with Gasteiger partial charge in [0, 0.05) is 18.5 Å². The Morgan fingerprint density at radius 3 is 2.78 bits per heavy atom. The number of fused-ring (bicyclic) bond motifs is 1. The quantitative estimate of drug-likeness (QED) is 0.843. The number of hydrogen-bond donors (Lipinski definition) is 2. The van der Waals surface area contributed by atoms with Crippen LogP contribution in [0.25, 0.3) is 10.9 Å². The van der Waals surface area contributed by atoms with Crippen molar-refractivity contribution in [1.29, 1.82) is 0 Å². The van der Waals surface area contributed by atoms with Crippen LogP contribution in [0.3, 0.4) is 0 Å². The Hall–Kier alpha value is -2.01. The lowest BCUT2D eigenvalue weighted by molar-refractivity contribution is 0.0682. The summed E-state index contributed by atoms with van der Waals surface area (Å²) in [5, 5.41) is 13.2. The lowest BCUT2D eigenvalue weighted by Crippen LogP contribution is -2.18. The summed E-state index contributed by atoms with van der Waals surface area (Å²) in [5.41, 5.74) is 1.08. The van der Waals surface area contributed by atoms with E-state index < -0.39 is 5.97 Å². The van der Waals surface area contributed by atoms with Crippen molar-refractivity contribution in [3.63, 3.8) is 0 Å². The number of methoxy groups -OCH3 is 1. The lowest BCUT2D eigenvalue weighted by atomic mass is 10.2. The lowest BCUT2D eigenvalue weighted by Gasteiger charge is -2.07. The molecule has 0 aliphatic heterocycles. The van der Waals surface area contributed by atoms with Gasteiger partial charge in [-0.1, -0.05) is 12.1 Å². The Balaban J connectivity index is 2.70. The summed E-state index contributed by atoms with van der Waals surface area (Å²) in [4.78, 5) is 11.4. The number of aromatic carboxylic acids is 1. The first-order valence-corrected chi connectivity index (χ1v) is 5.73. The first-order valence-electron chi connectivity index (χ1n) is 5.73. The van der Waals surface area contributed by atoms with E-state index >= 15 is 0 Å². The Bertz CT molecular complexity index is 575. The van der Waals surface area contributed by atoms with Gasteiger partial charge >= 0.3 is 5.97 Å². The fourth-order valence-corrected chi connectivity index (χ4v) is 2.15. The molecule has 0 bridgehead atoms. The van der Waals surface area contributed by atoms with E-state index in [0.29, 0.717) is 18.8 Å². The number of hydrogen-bond acceptors (Lipinski definition) is 3. The van der Waals surface area contributed by atoms with E-state index in [-0.39, 0.29) is 5.69 Å². The van der Waals surface area contributed by atoms with Crippen LogP contribution in [0.5, 0.6) is 5.75 Å². The molecule has 0 aliphatic carbocycles. The molecule has 1 aromatic heterocycles. The van der Waals surface area contributed by atoms with Gasteiger partial charge in [0.05, 0.1) is 12.6 Å². The molecule has 0 unspecified atom stereocenters. The van der Waals surface area contributed by atoms with E-state index in [9.17, 15) is 9.90 Å². The van der Waals surface area contributed by atoms with Crippen LogP contribution in [0.4, 0.5) is 0 Å². The molecule has 0 radical (unpaired) electrons. The molecule has 0 amide bonds. The maximum absolute atomic E-state index is 11.4. The highest BCUT2D eigenvalue weighted by Gasteiger charge is 2.22. The molecule has 1 heterocycles. The van der Waals surface area contributed by atoms with Gasteiger partial charge in [-0.15, -0.1) is 0 Å². The number of aromatic nitrogens is 1. The van der Waals surface area contributed by atoms with Crippen LogP contribution in [0.15, 0.2) is 24.3 Å². The number of ether oxygens (including phenoxy) is 1. The van der Waals surface area contributed by atoms with Crippen LogP contribution in [0.2, 0.25) is 0 Å². The summed E-state index contributed by atoms with van der Waals surface area (Å²) in [6, 6.07) is 7.54. The molecule has 0 fully saturated rings. The van der Waals surface area contributed by atoms with Crippen molar-refractivity contribution in [1.82, 2.24) is 9.88 Å². The molecule has 2 aromatic rings. The summed E-state index contributed by atoms with van der Waals surface area (Å²) >= 11 is 0. The average molecular weight is 248 g/mol. The van der Waals surface area contributed by atoms with E-state index in [2.05, 4.69) is 5.32 Å². The molecule has 2 rings (SSSR count). The Kier molecular flexibility index (Phi) is 3.53. The SMILES string of the molecule is CNCCn1c(C(=O)O)c(OC)c2ccccc21. The van der Waals surface area contributed by atoms with Crippen LogP contribution >= 0.6 is 0 Å². The number of carboxylic acid groups (broad SMARTS) is 1. The Labute approximate surface area is 105 Å². The predicted octanol–water partition coefficient (Wildman–Crippen LogP) is 1.57. The van der Waals surface area contributed by atoms with E-state index in [1.54, 1.807) is 4.57 Å². The van der Waals surface area contributed by atoms with Gasteiger partial charge in [0.1, 0.15) is 0 Å². The fraction of sp³-hybridized carbons (Fsp3) is 0.308. The van der Waals surface area contributed by atoms with Gasteiger partial charge in [0.25, 0.3) is 0 Å². The van der Waals surface area contributed by atoms with Gasteiger partial charge in [0.15, 0.2) is 11.4 Å². The number of carboxylic acids is 1. The Morgan fingerprint density at radius 1 is 1.44 bits per heavy atom. The third-order valence-electron chi connectivity index (χ3n) is 2.92. The number of para-hydroxylation sites is 1. The molecule has 18 heavy (non-hydrogen) atoms. The standard InChI is InChI=1S/C13H16N2O3/c1-14-7-8-15-10-6-4-3-5-9(10)12(18-2)11(15)13(16)17/h3-6,14H,7-8H2,1-2H3,(H,16,17). The second-order valence-electron chi connectivity index (χ2n) is 3.96. The highest BCUT2D eigenvalue weighted by Crippen LogP contribution is 2.32. The molecule has 0 saturated heterocycles. The molecule has 0 saturated carbocycles. The molecule has 0 aliphatic rings. The zero-order valence-electron chi connectivity index (χ0n) is 10.4. The van der Waals surface area contributed by atoms with Crippen LogP contribution in [0, 0.1) is 0 Å². The normalized spacial score (nSPS) is 10.8. The summed E-state index contributed by atoms with van der Waals surface area (Å²) < 4.78 is 7.03. The summed E-state index contributed by atoms with van der Waals surface area (Å²) in [6.45, 7) is 1.28. The zero-order valence-corrected chi connectivity index (χ0v) is 10.4. The van der Waals surface area contributed by atoms with Crippen LogP contribution in [-0.4, -0.2) is 36.3 Å². The van der Waals surface area contributed by atoms with Crippen LogP contribution in [-0.2, 0) is 6.54 Å². The van der Waals surface area contributed by atoms with Gasteiger partial charge in [-0.3, -0.25) is 0 Å². The second kappa shape index (κ2) is 5.10. The van der Waals surface area contributed by atoms with Gasteiger partial charge in [0.2, 0.25) is 0 Å². The molecule has 0 atom stereocenters. The smallest absolute Gasteiger partial charge is 0.356 e. The van der Waals surface area contributed by atoms with Crippen molar-refractivity contribution in [2.75, 3.05) is 20.7 Å². The Morgan fingerprint density at radius 2 is 2.17 bits per heavy atom. The maximum Gasteiger partial charge on any atom is 0.356 e. The number of carbonyl (C=O) groups is 1. The third kappa shape index (κ3) is 1.93. The molecule has 5 nitrogen and oxygen atoms in total. The molecule has 96 valence electrons. The molecular weight excluding hydrogens is 232 g/mol. The molecular formula is C13H16N2O3. The second-order valence-corrected chi connectivity index (χ2v) is 3.96. The predicted molar refractivity (Wildman–Crippen MR) is 69.4 cm³/mol. The minimum Gasteiger partial charge on any atom is -0.494 e. The minimum atomic E-state index is -0.973. The number of rotatable bonds is 5. The van der Waals surface area contributed by atoms with Gasteiger partial charge < -0.3 is 19.7 Å². The van der Waals surface area contributed by atoms with Crippen molar-refractivity contribution in [3.05, 3.63) is 30.0 Å². The summed E-state index contributed by atoms with van der Waals surface area (Å²) in [7, 11) is 3.33. The third-order valence-corrected chi connectivity index (χ3v) is 2.92. The van der Waals surface area contributed by atoms with E-state index in [1.807, 2.05) is 31.3 Å². The van der Waals surface area contributed by atoms with Crippen molar-refractivity contribution in [2.45, 2.75) is 6.54 Å². The van der Waals surface area contributed by atoms with Crippen LogP contribution in [0.1, 0.15) is 10.5 Å². The van der Waals surface area contributed by atoms with Gasteiger partial charge in [-0.25, -0.2) is 4.79 Å². The minimum absolute atomic E-state index is 0.203. The van der Waals surface area contributed by atoms with Gasteiger partial charge in [-0.05, 0) is 19.2 Å².